The highest BCUT2D eigenvalue weighted by Crippen LogP contribution is 2.34. The lowest BCUT2D eigenvalue weighted by atomic mass is 10.0. The molecule has 92 valence electrons. The number of hydrogen-bond acceptors (Lipinski definition) is 5. The molecule has 0 bridgehead atoms. The van der Waals surface area contributed by atoms with Crippen LogP contribution < -0.4 is 11.5 Å². The Morgan fingerprint density at radius 1 is 1.47 bits per heavy atom. The van der Waals surface area contributed by atoms with Crippen LogP contribution in [-0.2, 0) is 17.7 Å². The van der Waals surface area contributed by atoms with E-state index in [-0.39, 0.29) is 6.09 Å². The van der Waals surface area contributed by atoms with Crippen molar-refractivity contribution in [3.05, 3.63) is 16.0 Å². The fraction of sp³-hybridized carbons (Fsp3) is 0.400. The van der Waals surface area contributed by atoms with Crippen LogP contribution in [0, 0.1) is 0 Å². The van der Waals surface area contributed by atoms with Gasteiger partial charge in [-0.25, -0.2) is 4.79 Å². The molecular formula is C10H13N3O3S. The molecule has 1 aromatic heterocycles. The van der Waals surface area contributed by atoms with E-state index >= 15 is 0 Å². The summed E-state index contributed by atoms with van der Waals surface area (Å²) in [5.74, 6) is -0.508. The highest BCUT2D eigenvalue weighted by molar-refractivity contribution is 7.16. The van der Waals surface area contributed by atoms with Crippen LogP contribution in [0.15, 0.2) is 0 Å². The topological polar surface area (TPSA) is 98.7 Å². The lowest BCUT2D eigenvalue weighted by molar-refractivity contribution is 0.1000. The molecule has 7 heteroatoms. The Balaban J connectivity index is 2.32. The van der Waals surface area contributed by atoms with Crippen LogP contribution in [0.4, 0.5) is 9.80 Å². The van der Waals surface area contributed by atoms with Crippen molar-refractivity contribution in [2.75, 3.05) is 19.4 Å². The monoisotopic (exact) mass is 255 g/mol. The Bertz CT molecular complexity index is 483. The van der Waals surface area contributed by atoms with Gasteiger partial charge < -0.3 is 21.1 Å². The number of thiophene rings is 1. The van der Waals surface area contributed by atoms with Crippen LogP contribution in [0.2, 0.25) is 0 Å². The zero-order chi connectivity index (χ0) is 12.6. The number of carbonyl (C=O) groups excluding carboxylic acids is 2. The number of methoxy groups -OCH3 is 1. The van der Waals surface area contributed by atoms with Gasteiger partial charge in [-0.3, -0.25) is 4.79 Å². The molecule has 0 aliphatic carbocycles. The number of nitrogens with zero attached hydrogens (tertiary/aromatic N) is 1. The normalized spacial score (nSPS) is 14.3. The van der Waals surface area contributed by atoms with E-state index in [1.54, 1.807) is 4.90 Å². The van der Waals surface area contributed by atoms with E-state index in [1.165, 1.54) is 18.4 Å². The van der Waals surface area contributed by atoms with E-state index in [0.29, 0.717) is 30.1 Å². The van der Waals surface area contributed by atoms with E-state index in [9.17, 15) is 9.59 Å². The maximum atomic E-state index is 11.4. The van der Waals surface area contributed by atoms with Crippen LogP contribution in [0.5, 0.6) is 0 Å². The highest BCUT2D eigenvalue weighted by atomic mass is 32.1. The zero-order valence-electron chi connectivity index (χ0n) is 9.36. The van der Waals surface area contributed by atoms with Gasteiger partial charge in [-0.1, -0.05) is 0 Å². The van der Waals surface area contributed by atoms with Crippen LogP contribution in [0.25, 0.3) is 0 Å². The van der Waals surface area contributed by atoms with E-state index in [4.69, 9.17) is 11.5 Å². The number of carbonyl (C=O) groups is 2. The first kappa shape index (κ1) is 11.7. The Labute approximate surface area is 102 Å². The second-order valence-corrected chi connectivity index (χ2v) is 4.89. The maximum absolute atomic E-state index is 11.4. The molecule has 0 radical (unpaired) electrons. The predicted octanol–water partition coefficient (Wildman–Crippen LogP) is 0.554. The molecule has 2 amide bonds. The first-order chi connectivity index (χ1) is 8.04. The average Bonchev–Trinajstić information content (AvgIpc) is 2.62. The smallest absolute Gasteiger partial charge is 0.409 e. The maximum Gasteiger partial charge on any atom is 0.409 e. The number of fused-ring (bicyclic) bond motifs is 1. The van der Waals surface area contributed by atoms with Crippen LogP contribution in [-0.4, -0.2) is 30.6 Å². The molecule has 1 aliphatic heterocycles. The number of hydrogen-bond donors (Lipinski definition) is 2. The largest absolute Gasteiger partial charge is 0.453 e. The summed E-state index contributed by atoms with van der Waals surface area (Å²) in [4.78, 5) is 25.1. The van der Waals surface area contributed by atoms with E-state index < -0.39 is 5.91 Å². The van der Waals surface area contributed by atoms with Gasteiger partial charge in [0.2, 0.25) is 0 Å². The Morgan fingerprint density at radius 2 is 2.18 bits per heavy atom. The molecule has 0 spiro atoms. The SMILES string of the molecule is COC(=O)N1CCc2c(sc(N)c2C(N)=O)C1. The van der Waals surface area contributed by atoms with Gasteiger partial charge in [0, 0.05) is 11.4 Å². The van der Waals surface area contributed by atoms with Gasteiger partial charge in [0.1, 0.15) is 0 Å². The Morgan fingerprint density at radius 3 is 2.76 bits per heavy atom. The van der Waals surface area contributed by atoms with Gasteiger partial charge in [-0.2, -0.15) is 0 Å². The summed E-state index contributed by atoms with van der Waals surface area (Å²) in [6.07, 6.45) is 0.208. The van der Waals surface area contributed by atoms with Crippen LogP contribution in [0.3, 0.4) is 0 Å². The molecule has 4 N–H and O–H groups in total. The zero-order valence-corrected chi connectivity index (χ0v) is 10.2. The second kappa shape index (κ2) is 4.25. The fourth-order valence-electron chi connectivity index (χ4n) is 1.98. The third-order valence-corrected chi connectivity index (χ3v) is 3.81. The first-order valence-electron chi connectivity index (χ1n) is 5.07. The summed E-state index contributed by atoms with van der Waals surface area (Å²) < 4.78 is 4.66. The van der Waals surface area contributed by atoms with Gasteiger partial charge in [-0.15, -0.1) is 11.3 Å². The Hall–Kier alpha value is -1.76. The minimum absolute atomic E-state index is 0.372. The minimum atomic E-state index is -0.508. The molecule has 17 heavy (non-hydrogen) atoms. The lowest BCUT2D eigenvalue weighted by Gasteiger charge is -2.25. The van der Waals surface area contributed by atoms with Crippen molar-refractivity contribution < 1.29 is 14.3 Å². The van der Waals surface area contributed by atoms with Crippen molar-refractivity contribution >= 4 is 28.3 Å². The van der Waals surface area contributed by atoms with Gasteiger partial charge in [0.25, 0.3) is 5.91 Å². The van der Waals surface area contributed by atoms with Gasteiger partial charge in [0.05, 0.1) is 24.2 Å². The standard InChI is InChI=1S/C10H13N3O3S/c1-16-10(15)13-3-2-5-6(4-13)17-9(12)7(5)8(11)14/h2-4,12H2,1H3,(H2,11,14). The molecule has 0 saturated heterocycles. The summed E-state index contributed by atoms with van der Waals surface area (Å²) in [5, 5.41) is 0.425. The number of anilines is 1. The fourth-order valence-corrected chi connectivity index (χ4v) is 3.12. The van der Waals surface area contributed by atoms with Crippen molar-refractivity contribution in [3.8, 4) is 0 Å². The number of nitrogen functional groups attached to an aromatic ring is 1. The van der Waals surface area contributed by atoms with Gasteiger partial charge in [0.15, 0.2) is 0 Å². The van der Waals surface area contributed by atoms with Gasteiger partial charge in [-0.05, 0) is 12.0 Å². The van der Waals surface area contributed by atoms with Gasteiger partial charge >= 0.3 is 6.09 Å². The summed E-state index contributed by atoms with van der Waals surface area (Å²) >= 11 is 1.30. The number of nitrogens with two attached hydrogens (primary N) is 2. The van der Waals surface area contributed by atoms with Crippen LogP contribution in [0.1, 0.15) is 20.8 Å². The van der Waals surface area contributed by atoms with Crippen LogP contribution >= 0.6 is 11.3 Å². The van der Waals surface area contributed by atoms with E-state index in [0.717, 1.165) is 10.4 Å². The van der Waals surface area contributed by atoms with E-state index in [1.807, 2.05) is 0 Å². The highest BCUT2D eigenvalue weighted by Gasteiger charge is 2.28. The number of amides is 2. The molecule has 0 unspecified atom stereocenters. The quantitative estimate of drug-likeness (QED) is 0.765. The third-order valence-electron chi connectivity index (χ3n) is 2.76. The third kappa shape index (κ3) is 1.93. The van der Waals surface area contributed by atoms with Crippen molar-refractivity contribution in [2.45, 2.75) is 13.0 Å². The number of rotatable bonds is 1. The molecule has 1 aliphatic rings. The second-order valence-electron chi connectivity index (χ2n) is 3.75. The first-order valence-corrected chi connectivity index (χ1v) is 5.89. The molecule has 6 nitrogen and oxygen atoms in total. The van der Waals surface area contributed by atoms with E-state index in [2.05, 4.69) is 4.74 Å². The molecule has 0 atom stereocenters. The number of ether oxygens (including phenoxy) is 1. The summed E-state index contributed by atoms with van der Waals surface area (Å²) in [6, 6.07) is 0. The summed E-state index contributed by atoms with van der Waals surface area (Å²) in [6.45, 7) is 0.931. The molecule has 2 rings (SSSR count). The molecule has 0 aromatic carbocycles. The van der Waals surface area contributed by atoms with Crippen molar-refractivity contribution in [3.63, 3.8) is 0 Å². The molecule has 2 heterocycles. The van der Waals surface area contributed by atoms with Crippen molar-refractivity contribution in [2.24, 2.45) is 5.73 Å². The van der Waals surface area contributed by atoms with Crippen molar-refractivity contribution in [1.29, 1.82) is 0 Å². The predicted molar refractivity (Wildman–Crippen MR) is 63.8 cm³/mol. The summed E-state index contributed by atoms with van der Waals surface area (Å²) in [5.41, 5.74) is 12.3. The lowest BCUT2D eigenvalue weighted by Crippen LogP contribution is -2.35. The minimum Gasteiger partial charge on any atom is -0.453 e. The Kier molecular flexibility index (Phi) is 2.93. The average molecular weight is 255 g/mol. The molecule has 1 aromatic rings. The molecule has 0 fully saturated rings. The summed E-state index contributed by atoms with van der Waals surface area (Å²) in [7, 11) is 1.34. The number of primary amides is 1. The molecule has 0 saturated carbocycles. The molecular weight excluding hydrogens is 242 g/mol. The van der Waals surface area contributed by atoms with Crippen molar-refractivity contribution in [1.82, 2.24) is 4.90 Å².